The monoisotopic (exact) mass is 313 g/mol. The van der Waals surface area contributed by atoms with Crippen molar-refractivity contribution >= 4 is 29.6 Å². The van der Waals surface area contributed by atoms with Crippen molar-refractivity contribution in [2.24, 2.45) is 0 Å². The molecule has 0 aromatic heterocycles. The summed E-state index contributed by atoms with van der Waals surface area (Å²) in [5, 5.41) is 1.23. The van der Waals surface area contributed by atoms with Crippen LogP contribution in [-0.2, 0) is 14.2 Å². The number of hydrogen-bond donors (Lipinski definition) is 0. The van der Waals surface area contributed by atoms with Crippen LogP contribution in [0.1, 0.15) is 6.42 Å². The fourth-order valence-electron chi connectivity index (χ4n) is 2.83. The van der Waals surface area contributed by atoms with Crippen molar-refractivity contribution in [2.75, 3.05) is 7.05 Å². The van der Waals surface area contributed by atoms with Gasteiger partial charge in [-0.3, -0.25) is 14.5 Å². The lowest BCUT2D eigenvalue weighted by Gasteiger charge is -2.23. The average molecular weight is 313 g/mol. The van der Waals surface area contributed by atoms with Crippen LogP contribution in [0.3, 0.4) is 0 Å². The summed E-state index contributed by atoms with van der Waals surface area (Å²) in [5.74, 6) is -0.636. The van der Waals surface area contributed by atoms with Gasteiger partial charge in [-0.15, -0.1) is 0 Å². The van der Waals surface area contributed by atoms with Crippen LogP contribution >= 0.6 is 7.14 Å². The SMILES string of the molecule is CN1C(=O)CC(P(=O)(c2ccccc2)c2ccccc2)C1=O. The molecule has 1 saturated heterocycles. The molecule has 4 nitrogen and oxygen atoms in total. The van der Waals surface area contributed by atoms with Crippen LogP contribution < -0.4 is 10.6 Å². The first-order chi connectivity index (χ1) is 10.5. The topological polar surface area (TPSA) is 54.5 Å². The molecule has 2 aromatic carbocycles. The average Bonchev–Trinajstić information content (AvgIpc) is 2.83. The highest BCUT2D eigenvalue weighted by Crippen LogP contribution is 2.52. The summed E-state index contributed by atoms with van der Waals surface area (Å²) >= 11 is 0. The van der Waals surface area contributed by atoms with Crippen LogP contribution in [0.2, 0.25) is 0 Å². The van der Waals surface area contributed by atoms with Gasteiger partial charge in [-0.2, -0.15) is 0 Å². The molecule has 1 fully saturated rings. The number of rotatable bonds is 3. The molecule has 1 heterocycles. The van der Waals surface area contributed by atoms with E-state index in [1.807, 2.05) is 12.1 Å². The molecule has 2 aromatic rings. The third-order valence-corrected chi connectivity index (χ3v) is 7.49. The molecule has 1 aliphatic heterocycles. The molecule has 0 aliphatic carbocycles. The zero-order valence-corrected chi connectivity index (χ0v) is 13.1. The van der Waals surface area contributed by atoms with Crippen molar-refractivity contribution in [3.63, 3.8) is 0 Å². The molecule has 1 aliphatic rings. The van der Waals surface area contributed by atoms with E-state index in [0.29, 0.717) is 10.6 Å². The zero-order chi connectivity index (χ0) is 15.7. The van der Waals surface area contributed by atoms with Gasteiger partial charge in [-0.25, -0.2) is 0 Å². The highest BCUT2D eigenvalue weighted by Gasteiger charge is 2.49. The van der Waals surface area contributed by atoms with Crippen molar-refractivity contribution < 1.29 is 14.2 Å². The fraction of sp³-hybridized carbons (Fsp3) is 0.176. The molecule has 3 rings (SSSR count). The maximum absolute atomic E-state index is 13.9. The normalized spacial score (nSPS) is 18.8. The summed E-state index contributed by atoms with van der Waals surface area (Å²) in [6.07, 6.45) is -0.00357. The van der Waals surface area contributed by atoms with E-state index in [1.54, 1.807) is 48.5 Å². The van der Waals surface area contributed by atoms with E-state index in [9.17, 15) is 14.2 Å². The Kier molecular flexibility index (Phi) is 3.71. The van der Waals surface area contributed by atoms with E-state index < -0.39 is 12.8 Å². The van der Waals surface area contributed by atoms with E-state index >= 15 is 0 Å². The second kappa shape index (κ2) is 5.54. The second-order valence-electron chi connectivity index (χ2n) is 5.34. The van der Waals surface area contributed by atoms with E-state index in [2.05, 4.69) is 0 Å². The summed E-state index contributed by atoms with van der Waals surface area (Å²) in [5.41, 5.74) is -0.810. The van der Waals surface area contributed by atoms with Crippen molar-refractivity contribution in [3.05, 3.63) is 60.7 Å². The maximum atomic E-state index is 13.9. The summed E-state index contributed by atoms with van der Waals surface area (Å²) in [6.45, 7) is 0. The zero-order valence-electron chi connectivity index (χ0n) is 12.2. The fourth-order valence-corrected chi connectivity index (χ4v) is 5.97. The molecular formula is C17H16NO3P. The Hall–Kier alpha value is -2.19. The number of likely N-dealkylation sites (tertiary alicyclic amines) is 1. The second-order valence-corrected chi connectivity index (χ2v) is 8.31. The van der Waals surface area contributed by atoms with Crippen LogP contribution in [0.4, 0.5) is 0 Å². The highest BCUT2D eigenvalue weighted by atomic mass is 31.2. The standard InChI is InChI=1S/C17H16NO3P/c1-18-16(19)12-15(17(18)20)22(21,13-8-4-2-5-9-13)14-10-6-3-7-11-14/h2-11,15H,12H2,1H3. The molecule has 0 radical (unpaired) electrons. The largest absolute Gasteiger partial charge is 0.313 e. The molecule has 0 saturated carbocycles. The minimum Gasteiger partial charge on any atom is -0.313 e. The van der Waals surface area contributed by atoms with Gasteiger partial charge in [0.2, 0.25) is 11.8 Å². The molecule has 1 atom stereocenters. The smallest absolute Gasteiger partial charge is 0.240 e. The Balaban J connectivity index is 2.19. The third-order valence-electron chi connectivity index (χ3n) is 4.08. The first-order valence-electron chi connectivity index (χ1n) is 7.06. The van der Waals surface area contributed by atoms with Crippen LogP contribution in [0, 0.1) is 0 Å². The molecule has 2 amide bonds. The van der Waals surface area contributed by atoms with Crippen LogP contribution in [0.5, 0.6) is 0 Å². The van der Waals surface area contributed by atoms with Gasteiger partial charge < -0.3 is 4.57 Å². The predicted octanol–water partition coefficient (Wildman–Crippen LogP) is 1.76. The van der Waals surface area contributed by atoms with Gasteiger partial charge in [0.15, 0.2) is 7.14 Å². The van der Waals surface area contributed by atoms with Gasteiger partial charge in [0.25, 0.3) is 0 Å². The molecule has 0 spiro atoms. The summed E-state index contributed by atoms with van der Waals surface area (Å²) in [7, 11) is -1.77. The summed E-state index contributed by atoms with van der Waals surface area (Å²) in [6, 6.07) is 18.0. The van der Waals surface area contributed by atoms with Gasteiger partial charge in [0.05, 0.1) is 0 Å². The lowest BCUT2D eigenvalue weighted by Crippen LogP contribution is -2.33. The number of carbonyl (C=O) groups excluding carboxylic acids is 2. The van der Waals surface area contributed by atoms with Crippen molar-refractivity contribution in [2.45, 2.75) is 12.1 Å². The lowest BCUT2D eigenvalue weighted by atomic mass is 10.3. The van der Waals surface area contributed by atoms with Crippen LogP contribution in [0.15, 0.2) is 60.7 Å². The van der Waals surface area contributed by atoms with Crippen molar-refractivity contribution in [1.82, 2.24) is 4.90 Å². The highest BCUT2D eigenvalue weighted by molar-refractivity contribution is 7.80. The molecule has 5 heteroatoms. The lowest BCUT2D eigenvalue weighted by molar-refractivity contribution is -0.136. The molecule has 112 valence electrons. The Morgan fingerprint density at radius 3 is 1.73 bits per heavy atom. The number of imide groups is 1. The molecular weight excluding hydrogens is 297 g/mol. The van der Waals surface area contributed by atoms with Crippen LogP contribution in [0.25, 0.3) is 0 Å². The van der Waals surface area contributed by atoms with E-state index in [4.69, 9.17) is 0 Å². The van der Waals surface area contributed by atoms with Gasteiger partial charge in [0, 0.05) is 24.1 Å². The molecule has 1 unspecified atom stereocenters. The van der Waals surface area contributed by atoms with Gasteiger partial charge in [-0.05, 0) is 0 Å². The Bertz CT molecular complexity index is 714. The Morgan fingerprint density at radius 2 is 1.36 bits per heavy atom. The summed E-state index contributed by atoms with van der Waals surface area (Å²) in [4.78, 5) is 25.4. The van der Waals surface area contributed by atoms with E-state index in [0.717, 1.165) is 4.90 Å². The third kappa shape index (κ3) is 2.20. The quantitative estimate of drug-likeness (QED) is 0.641. The van der Waals surface area contributed by atoms with Gasteiger partial charge in [-0.1, -0.05) is 60.7 Å². The molecule has 0 bridgehead atoms. The Morgan fingerprint density at radius 1 is 0.909 bits per heavy atom. The number of amides is 2. The van der Waals surface area contributed by atoms with Gasteiger partial charge >= 0.3 is 0 Å². The first-order valence-corrected chi connectivity index (χ1v) is 8.84. The van der Waals surface area contributed by atoms with E-state index in [-0.39, 0.29) is 18.2 Å². The number of nitrogens with zero attached hydrogens (tertiary/aromatic N) is 1. The summed E-state index contributed by atoms with van der Waals surface area (Å²) < 4.78 is 13.9. The van der Waals surface area contributed by atoms with Gasteiger partial charge in [0.1, 0.15) is 5.66 Å². The first kappa shape index (κ1) is 14.7. The molecule has 0 N–H and O–H groups in total. The molecule has 22 heavy (non-hydrogen) atoms. The number of hydrogen-bond acceptors (Lipinski definition) is 3. The number of benzene rings is 2. The van der Waals surface area contributed by atoms with Crippen molar-refractivity contribution in [3.8, 4) is 0 Å². The number of carbonyl (C=O) groups is 2. The predicted molar refractivity (Wildman–Crippen MR) is 85.9 cm³/mol. The maximum Gasteiger partial charge on any atom is 0.240 e. The minimum absolute atomic E-state index is 0.00357. The van der Waals surface area contributed by atoms with Crippen molar-refractivity contribution in [1.29, 1.82) is 0 Å². The minimum atomic E-state index is -3.21. The van der Waals surface area contributed by atoms with Crippen LogP contribution in [-0.4, -0.2) is 29.4 Å². The van der Waals surface area contributed by atoms with E-state index in [1.165, 1.54) is 7.05 Å². The Labute approximate surface area is 129 Å².